The number of phenolic OH excluding ortho intramolecular Hbond substituents is 1. The molecule has 2 nitrogen and oxygen atoms in total. The van der Waals surface area contributed by atoms with Gasteiger partial charge in [0.05, 0.1) is 8.95 Å². The van der Waals surface area contributed by atoms with Gasteiger partial charge in [-0.15, -0.1) is 0 Å². The lowest BCUT2D eigenvalue weighted by Crippen LogP contribution is -2.10. The van der Waals surface area contributed by atoms with Crippen molar-refractivity contribution in [3.63, 3.8) is 0 Å². The lowest BCUT2D eigenvalue weighted by molar-refractivity contribution is 0.401. The Morgan fingerprint density at radius 1 is 1.23 bits per heavy atom. The second-order valence-corrected chi connectivity index (χ2v) is 4.85. The van der Waals surface area contributed by atoms with Crippen molar-refractivity contribution in [1.29, 1.82) is 0 Å². The smallest absolute Gasteiger partial charge is 0.143 e. The van der Waals surface area contributed by atoms with Crippen LogP contribution in [-0.4, -0.2) is 24.1 Å². The van der Waals surface area contributed by atoms with Gasteiger partial charge in [0.1, 0.15) is 5.75 Å². The average Bonchev–Trinajstić information content (AvgIpc) is 1.98. The predicted molar refractivity (Wildman–Crippen MR) is 60.9 cm³/mol. The van der Waals surface area contributed by atoms with Gasteiger partial charge in [0, 0.05) is 6.54 Å². The number of aromatic hydroxyl groups is 1. The SMILES string of the molecule is CN(C)Cc1cc(Br)c(O)c(Br)c1. The first-order chi connectivity index (χ1) is 6.00. The number of halogens is 2. The van der Waals surface area contributed by atoms with E-state index in [4.69, 9.17) is 0 Å². The Bertz CT molecular complexity index is 289. The van der Waals surface area contributed by atoms with Crippen LogP contribution < -0.4 is 0 Å². The van der Waals surface area contributed by atoms with Gasteiger partial charge >= 0.3 is 0 Å². The number of rotatable bonds is 2. The third kappa shape index (κ3) is 2.97. The van der Waals surface area contributed by atoms with Crippen LogP contribution in [0.2, 0.25) is 0 Å². The molecule has 0 aliphatic heterocycles. The average molecular weight is 309 g/mol. The lowest BCUT2D eigenvalue weighted by Gasteiger charge is -2.11. The highest BCUT2D eigenvalue weighted by Crippen LogP contribution is 2.33. The first kappa shape index (κ1) is 11.0. The number of phenols is 1. The molecule has 0 amide bonds. The van der Waals surface area contributed by atoms with Crippen LogP contribution in [-0.2, 0) is 6.54 Å². The fourth-order valence-corrected chi connectivity index (χ4v) is 2.36. The molecule has 1 N–H and O–H groups in total. The van der Waals surface area contributed by atoms with Crippen LogP contribution in [0.1, 0.15) is 5.56 Å². The van der Waals surface area contributed by atoms with Crippen molar-refractivity contribution in [2.75, 3.05) is 14.1 Å². The van der Waals surface area contributed by atoms with Crippen LogP contribution in [0.4, 0.5) is 0 Å². The van der Waals surface area contributed by atoms with Gasteiger partial charge in [-0.1, -0.05) is 0 Å². The van der Waals surface area contributed by atoms with Gasteiger partial charge < -0.3 is 10.0 Å². The molecular weight excluding hydrogens is 298 g/mol. The highest BCUT2D eigenvalue weighted by Gasteiger charge is 2.05. The van der Waals surface area contributed by atoms with Crippen molar-refractivity contribution in [2.24, 2.45) is 0 Å². The molecule has 0 unspecified atom stereocenters. The molecule has 0 spiro atoms. The maximum atomic E-state index is 9.46. The van der Waals surface area contributed by atoms with Crippen LogP contribution in [0.3, 0.4) is 0 Å². The number of hydrogen-bond acceptors (Lipinski definition) is 2. The summed E-state index contributed by atoms with van der Waals surface area (Å²) < 4.78 is 1.44. The van der Waals surface area contributed by atoms with Crippen LogP contribution in [0.15, 0.2) is 21.1 Å². The molecular formula is C9H11Br2NO. The largest absolute Gasteiger partial charge is 0.506 e. The highest BCUT2D eigenvalue weighted by atomic mass is 79.9. The number of nitrogens with zero attached hydrogens (tertiary/aromatic N) is 1. The summed E-state index contributed by atoms with van der Waals surface area (Å²) >= 11 is 6.58. The van der Waals surface area contributed by atoms with Gasteiger partial charge in [-0.2, -0.15) is 0 Å². The lowest BCUT2D eigenvalue weighted by atomic mass is 10.2. The zero-order chi connectivity index (χ0) is 10.0. The molecule has 0 aliphatic carbocycles. The zero-order valence-corrected chi connectivity index (χ0v) is 10.7. The Hall–Kier alpha value is -0.0600. The standard InChI is InChI=1S/C9H11Br2NO/c1-12(2)5-6-3-7(10)9(13)8(11)4-6/h3-4,13H,5H2,1-2H3. The van der Waals surface area contributed by atoms with E-state index < -0.39 is 0 Å². The molecule has 0 aromatic heterocycles. The zero-order valence-electron chi connectivity index (χ0n) is 7.51. The quantitative estimate of drug-likeness (QED) is 0.908. The second kappa shape index (κ2) is 4.44. The van der Waals surface area contributed by atoms with E-state index in [9.17, 15) is 5.11 Å². The maximum absolute atomic E-state index is 9.46. The van der Waals surface area contributed by atoms with Crippen molar-refractivity contribution in [3.8, 4) is 5.75 Å². The molecule has 1 aromatic rings. The van der Waals surface area contributed by atoms with Crippen molar-refractivity contribution in [1.82, 2.24) is 4.90 Å². The predicted octanol–water partition coefficient (Wildman–Crippen LogP) is 2.98. The minimum Gasteiger partial charge on any atom is -0.506 e. The monoisotopic (exact) mass is 307 g/mol. The van der Waals surface area contributed by atoms with Gasteiger partial charge in [0.15, 0.2) is 0 Å². The van der Waals surface area contributed by atoms with Crippen LogP contribution in [0.5, 0.6) is 5.75 Å². The molecule has 0 atom stereocenters. The van der Waals surface area contributed by atoms with Crippen LogP contribution in [0.25, 0.3) is 0 Å². The van der Waals surface area contributed by atoms with Gasteiger partial charge in [0.2, 0.25) is 0 Å². The Morgan fingerprint density at radius 3 is 2.08 bits per heavy atom. The fraction of sp³-hybridized carbons (Fsp3) is 0.333. The Kier molecular flexibility index (Phi) is 3.76. The Labute approximate surface area is 94.8 Å². The molecule has 0 heterocycles. The molecule has 72 valence electrons. The Balaban J connectivity index is 2.99. The third-order valence-corrected chi connectivity index (χ3v) is 2.78. The van der Waals surface area contributed by atoms with E-state index in [2.05, 4.69) is 36.8 Å². The first-order valence-electron chi connectivity index (χ1n) is 3.82. The molecule has 0 saturated heterocycles. The number of benzene rings is 1. The normalized spacial score (nSPS) is 10.8. The minimum atomic E-state index is 0.252. The molecule has 1 rings (SSSR count). The van der Waals surface area contributed by atoms with E-state index in [1.165, 1.54) is 0 Å². The van der Waals surface area contributed by atoms with Crippen LogP contribution in [0, 0.1) is 0 Å². The summed E-state index contributed by atoms with van der Waals surface area (Å²) in [7, 11) is 4.02. The van der Waals surface area contributed by atoms with Crippen LogP contribution >= 0.6 is 31.9 Å². The summed E-state index contributed by atoms with van der Waals surface area (Å²) in [5, 5.41) is 9.46. The van der Waals surface area contributed by atoms with E-state index in [0.29, 0.717) is 0 Å². The molecule has 1 aromatic carbocycles. The van der Waals surface area contributed by atoms with E-state index in [1.807, 2.05) is 26.2 Å². The van der Waals surface area contributed by atoms with Gasteiger partial charge in [-0.25, -0.2) is 0 Å². The van der Waals surface area contributed by atoms with Gasteiger partial charge in [-0.3, -0.25) is 0 Å². The van der Waals surface area contributed by atoms with Crippen molar-refractivity contribution >= 4 is 31.9 Å². The first-order valence-corrected chi connectivity index (χ1v) is 5.41. The summed E-state index contributed by atoms with van der Waals surface area (Å²) in [4.78, 5) is 2.07. The maximum Gasteiger partial charge on any atom is 0.143 e. The fourth-order valence-electron chi connectivity index (χ4n) is 1.07. The van der Waals surface area contributed by atoms with E-state index in [1.54, 1.807) is 0 Å². The van der Waals surface area contributed by atoms with Crippen molar-refractivity contribution in [2.45, 2.75) is 6.54 Å². The summed E-state index contributed by atoms with van der Waals surface area (Å²) in [6.45, 7) is 0.859. The summed E-state index contributed by atoms with van der Waals surface area (Å²) in [6, 6.07) is 3.83. The van der Waals surface area contributed by atoms with E-state index in [0.717, 1.165) is 21.1 Å². The molecule has 0 aliphatic rings. The number of hydrogen-bond donors (Lipinski definition) is 1. The molecule has 4 heteroatoms. The van der Waals surface area contributed by atoms with E-state index in [-0.39, 0.29) is 5.75 Å². The Morgan fingerprint density at radius 2 is 1.69 bits per heavy atom. The molecule has 0 bridgehead atoms. The minimum absolute atomic E-state index is 0.252. The van der Waals surface area contributed by atoms with Gasteiger partial charge in [-0.05, 0) is 63.7 Å². The van der Waals surface area contributed by atoms with Crippen molar-refractivity contribution < 1.29 is 5.11 Å². The topological polar surface area (TPSA) is 23.5 Å². The highest BCUT2D eigenvalue weighted by molar-refractivity contribution is 9.11. The molecule has 0 radical (unpaired) electrons. The molecule has 13 heavy (non-hydrogen) atoms. The summed E-state index contributed by atoms with van der Waals surface area (Å²) in [6.07, 6.45) is 0. The van der Waals surface area contributed by atoms with Gasteiger partial charge in [0.25, 0.3) is 0 Å². The molecule has 0 fully saturated rings. The van der Waals surface area contributed by atoms with Crippen molar-refractivity contribution in [3.05, 3.63) is 26.6 Å². The van der Waals surface area contributed by atoms with E-state index >= 15 is 0 Å². The summed E-state index contributed by atoms with van der Waals surface area (Å²) in [5.41, 5.74) is 1.15. The second-order valence-electron chi connectivity index (χ2n) is 3.15. The summed E-state index contributed by atoms with van der Waals surface area (Å²) in [5.74, 6) is 0.252. The molecule has 0 saturated carbocycles. The third-order valence-electron chi connectivity index (χ3n) is 1.58.